The molecule has 1 saturated heterocycles. The number of likely N-dealkylation sites (N-methyl/N-ethyl adjacent to an activating group) is 2. The molecule has 1 aliphatic rings. The molecule has 0 radical (unpaired) electrons. The van der Waals surface area contributed by atoms with E-state index in [-0.39, 0.29) is 16.2 Å². The lowest BCUT2D eigenvalue weighted by Gasteiger charge is -2.31. The van der Waals surface area contributed by atoms with Crippen LogP contribution < -0.4 is 0 Å². The fraction of sp³-hybridized carbons (Fsp3) is 0.130. The van der Waals surface area contributed by atoms with Crippen molar-refractivity contribution in [3.05, 3.63) is 77.0 Å². The lowest BCUT2D eigenvalue weighted by atomic mass is 10.1. The Labute approximate surface area is 183 Å². The number of amides is 2. The van der Waals surface area contributed by atoms with Crippen molar-refractivity contribution in [1.82, 2.24) is 14.4 Å². The summed E-state index contributed by atoms with van der Waals surface area (Å²) in [5, 5.41) is 10.3. The molecule has 1 aromatic heterocycles. The lowest BCUT2D eigenvalue weighted by molar-refractivity contribution is -0.132. The minimum absolute atomic E-state index is 0.0365. The van der Waals surface area contributed by atoms with Crippen LogP contribution in [0.1, 0.15) is 21.5 Å². The highest BCUT2D eigenvalue weighted by Crippen LogP contribution is 2.26. The van der Waals surface area contributed by atoms with Gasteiger partial charge >= 0.3 is 5.97 Å². The molecule has 1 fully saturated rings. The maximum absolute atomic E-state index is 12.7. The normalized spacial score (nSPS) is 14.5. The average Bonchev–Trinajstić information content (AvgIpc) is 3.11. The van der Waals surface area contributed by atoms with Gasteiger partial charge in [-0.25, -0.2) is 4.79 Å². The summed E-state index contributed by atoms with van der Waals surface area (Å²) < 4.78 is 1.97. The zero-order valence-electron chi connectivity index (χ0n) is 16.9. The minimum atomic E-state index is -0.981. The highest BCUT2D eigenvalue weighted by atomic mass is 32.1. The van der Waals surface area contributed by atoms with Gasteiger partial charge in [0.2, 0.25) is 0 Å². The summed E-state index contributed by atoms with van der Waals surface area (Å²) >= 11 is 5.14. The summed E-state index contributed by atoms with van der Waals surface area (Å²) in [6.07, 6.45) is 3.45. The number of carbonyl (C=O) groups excluding carboxylic acids is 2. The van der Waals surface area contributed by atoms with Crippen LogP contribution in [-0.2, 0) is 16.1 Å². The first-order valence-electron chi connectivity index (χ1n) is 9.50. The van der Waals surface area contributed by atoms with Gasteiger partial charge in [0.15, 0.2) is 5.11 Å². The molecule has 1 N–H and O–H groups in total. The van der Waals surface area contributed by atoms with Gasteiger partial charge in [-0.15, -0.1) is 0 Å². The predicted molar refractivity (Wildman–Crippen MR) is 121 cm³/mol. The molecule has 2 amide bonds. The Morgan fingerprint density at radius 3 is 2.39 bits per heavy atom. The van der Waals surface area contributed by atoms with Gasteiger partial charge in [0.25, 0.3) is 11.8 Å². The Balaban J connectivity index is 1.79. The summed E-state index contributed by atoms with van der Waals surface area (Å²) in [5.74, 6) is -1.87. The van der Waals surface area contributed by atoms with Crippen LogP contribution in [0.15, 0.2) is 60.3 Å². The number of rotatable bonds is 4. The van der Waals surface area contributed by atoms with Crippen molar-refractivity contribution in [1.29, 1.82) is 0 Å². The van der Waals surface area contributed by atoms with E-state index in [4.69, 9.17) is 12.2 Å². The second-order valence-corrected chi connectivity index (χ2v) is 7.67. The molecule has 3 aromatic rings. The highest BCUT2D eigenvalue weighted by Gasteiger charge is 2.35. The Hall–Kier alpha value is -3.78. The van der Waals surface area contributed by atoms with Crippen LogP contribution in [0, 0.1) is 0 Å². The van der Waals surface area contributed by atoms with E-state index < -0.39 is 17.8 Å². The van der Waals surface area contributed by atoms with Crippen molar-refractivity contribution in [3.8, 4) is 0 Å². The Bertz CT molecular complexity index is 1260. The lowest BCUT2D eigenvalue weighted by Crippen LogP contribution is -2.52. The average molecular weight is 433 g/mol. The van der Waals surface area contributed by atoms with Gasteiger partial charge in [0.1, 0.15) is 5.57 Å². The monoisotopic (exact) mass is 433 g/mol. The van der Waals surface area contributed by atoms with Crippen molar-refractivity contribution < 1.29 is 19.5 Å². The third-order valence-corrected chi connectivity index (χ3v) is 5.84. The number of fused-ring (bicyclic) bond motifs is 1. The molecule has 0 bridgehead atoms. The van der Waals surface area contributed by atoms with Crippen molar-refractivity contribution in [2.75, 3.05) is 14.1 Å². The topological polar surface area (TPSA) is 82.9 Å². The summed E-state index contributed by atoms with van der Waals surface area (Å²) in [6.45, 7) is 0.441. The van der Waals surface area contributed by atoms with E-state index in [0.717, 1.165) is 22.0 Å². The maximum atomic E-state index is 12.7. The molecule has 8 heteroatoms. The number of aromatic nitrogens is 1. The van der Waals surface area contributed by atoms with Gasteiger partial charge in [-0.3, -0.25) is 19.4 Å². The molecule has 1 aliphatic heterocycles. The Kier molecular flexibility index (Phi) is 5.16. The number of thiocarbonyl (C=S) groups is 1. The van der Waals surface area contributed by atoms with Crippen LogP contribution in [-0.4, -0.2) is 56.5 Å². The summed E-state index contributed by atoms with van der Waals surface area (Å²) in [5.41, 5.74) is 2.71. The predicted octanol–water partition coefficient (Wildman–Crippen LogP) is 2.99. The fourth-order valence-corrected chi connectivity index (χ4v) is 3.82. The van der Waals surface area contributed by atoms with Crippen LogP contribution in [0.2, 0.25) is 0 Å². The standard InChI is InChI=1S/C23H19N3O4S/c1-24-20(27)18(21(28)25(2)23(24)31)11-16-13-26(19-9-4-3-8-17(16)19)12-14-6-5-7-15(10-14)22(29)30/h3-11,13H,12H2,1-2H3,(H,29,30). The van der Waals surface area contributed by atoms with Gasteiger partial charge < -0.3 is 9.67 Å². The number of para-hydroxylation sites is 1. The Morgan fingerprint density at radius 2 is 1.71 bits per heavy atom. The quantitative estimate of drug-likeness (QED) is 0.389. The maximum Gasteiger partial charge on any atom is 0.335 e. The van der Waals surface area contributed by atoms with Gasteiger partial charge in [0.05, 0.1) is 5.56 Å². The molecule has 0 unspecified atom stereocenters. The minimum Gasteiger partial charge on any atom is -0.478 e. The number of benzene rings is 2. The van der Waals surface area contributed by atoms with Gasteiger partial charge in [-0.1, -0.05) is 30.3 Å². The van der Waals surface area contributed by atoms with Gasteiger partial charge in [-0.2, -0.15) is 0 Å². The van der Waals surface area contributed by atoms with E-state index in [9.17, 15) is 19.5 Å². The van der Waals surface area contributed by atoms with Crippen LogP contribution in [0.5, 0.6) is 0 Å². The Morgan fingerprint density at radius 1 is 1.03 bits per heavy atom. The van der Waals surface area contributed by atoms with E-state index in [1.165, 1.54) is 9.80 Å². The van der Waals surface area contributed by atoms with E-state index in [1.54, 1.807) is 38.4 Å². The van der Waals surface area contributed by atoms with Crippen molar-refractivity contribution in [3.63, 3.8) is 0 Å². The molecule has 0 aliphatic carbocycles. The van der Waals surface area contributed by atoms with E-state index in [1.807, 2.05) is 41.1 Å². The fourth-order valence-electron chi connectivity index (χ4n) is 3.65. The number of hydrogen-bond acceptors (Lipinski definition) is 4. The molecule has 4 rings (SSSR count). The number of hydrogen-bond donors (Lipinski definition) is 1. The molecule has 0 atom stereocenters. The molecule has 0 spiro atoms. The van der Waals surface area contributed by atoms with E-state index in [2.05, 4.69) is 0 Å². The summed E-state index contributed by atoms with van der Waals surface area (Å²) in [6, 6.07) is 14.4. The van der Waals surface area contributed by atoms with Crippen molar-refractivity contribution in [2.24, 2.45) is 0 Å². The largest absolute Gasteiger partial charge is 0.478 e. The smallest absolute Gasteiger partial charge is 0.335 e. The first-order valence-corrected chi connectivity index (χ1v) is 9.90. The number of carbonyl (C=O) groups is 3. The van der Waals surface area contributed by atoms with Crippen LogP contribution in [0.3, 0.4) is 0 Å². The van der Waals surface area contributed by atoms with Crippen molar-refractivity contribution in [2.45, 2.75) is 6.54 Å². The third kappa shape index (κ3) is 3.62. The second kappa shape index (κ2) is 7.81. The highest BCUT2D eigenvalue weighted by molar-refractivity contribution is 7.80. The first-order chi connectivity index (χ1) is 14.8. The second-order valence-electron chi connectivity index (χ2n) is 7.30. The zero-order valence-corrected chi connectivity index (χ0v) is 17.7. The van der Waals surface area contributed by atoms with Crippen LogP contribution in [0.25, 0.3) is 17.0 Å². The molecule has 2 heterocycles. The SMILES string of the molecule is CN1C(=O)C(=Cc2cn(Cc3cccc(C(=O)O)c3)c3ccccc23)C(=O)N(C)C1=S. The molecular formula is C23H19N3O4S. The summed E-state index contributed by atoms with van der Waals surface area (Å²) in [7, 11) is 3.08. The number of aromatic carboxylic acids is 1. The third-order valence-electron chi connectivity index (χ3n) is 5.29. The van der Waals surface area contributed by atoms with Gasteiger partial charge in [-0.05, 0) is 42.1 Å². The first kappa shape index (κ1) is 20.5. The number of carboxylic acids is 1. The molecule has 7 nitrogen and oxygen atoms in total. The molecule has 156 valence electrons. The zero-order chi connectivity index (χ0) is 22.3. The molecule has 0 saturated carbocycles. The number of carboxylic acid groups (broad SMARTS) is 1. The molecular weight excluding hydrogens is 414 g/mol. The summed E-state index contributed by atoms with van der Waals surface area (Å²) in [4.78, 5) is 39.2. The number of nitrogens with zero attached hydrogens (tertiary/aromatic N) is 3. The van der Waals surface area contributed by atoms with Gasteiger partial charge in [0, 0.05) is 43.3 Å². The van der Waals surface area contributed by atoms with E-state index >= 15 is 0 Å². The van der Waals surface area contributed by atoms with E-state index in [0.29, 0.717) is 6.54 Å². The van der Waals surface area contributed by atoms with Crippen molar-refractivity contribution >= 4 is 52.1 Å². The molecule has 31 heavy (non-hydrogen) atoms. The van der Waals surface area contributed by atoms with Crippen LogP contribution >= 0.6 is 12.2 Å². The molecule has 2 aromatic carbocycles. The van der Waals surface area contributed by atoms with Crippen LogP contribution in [0.4, 0.5) is 0 Å².